The Kier molecular flexibility index (Phi) is 6.12. The highest BCUT2D eigenvalue weighted by atomic mass is 32.2. The van der Waals surface area contributed by atoms with E-state index >= 15 is 0 Å². The predicted molar refractivity (Wildman–Crippen MR) is 144 cm³/mol. The first kappa shape index (κ1) is 26.3. The predicted octanol–water partition coefficient (Wildman–Crippen LogP) is 6.75. The Labute approximate surface area is 212 Å². The van der Waals surface area contributed by atoms with E-state index in [9.17, 15) is 25.9 Å². The Bertz CT molecular complexity index is 1610. The maximum absolute atomic E-state index is 13.1. The summed E-state index contributed by atoms with van der Waals surface area (Å²) < 4.78 is 73.4. The van der Waals surface area contributed by atoms with Gasteiger partial charge in [-0.05, 0) is 55.6 Å². The van der Waals surface area contributed by atoms with Gasteiger partial charge in [-0.2, -0.15) is 16.8 Å². The largest absolute Gasteiger partial charge is 0.295 e. The standard InChI is InChI=1S/C28H30O6S2/c1-27(2,3)21-15-17-11-7-9-13-19(17)23(25(21)35(29,30)31)24-20-14-10-8-12-18(20)16-22(28(4,5)6)26(24)36(32,33)34/h7-16H,1-6H3,(H,29,30,31)(H,32,33,34). The lowest BCUT2D eigenvalue weighted by Crippen LogP contribution is -2.20. The molecular weight excluding hydrogens is 496 g/mol. The molecule has 0 aliphatic rings. The molecule has 6 nitrogen and oxygen atoms in total. The summed E-state index contributed by atoms with van der Waals surface area (Å²) in [4.78, 5) is -0.732. The summed E-state index contributed by atoms with van der Waals surface area (Å²) in [5.41, 5.74) is -0.666. The van der Waals surface area contributed by atoms with Crippen molar-refractivity contribution in [3.8, 4) is 11.1 Å². The SMILES string of the molecule is CC(C)(C)c1cc2ccccc2c(-c2c(S(=O)(=O)O)c(C(C)(C)C)cc3ccccc23)c1S(=O)(=O)O. The number of rotatable bonds is 3. The molecule has 8 heteroatoms. The zero-order valence-corrected chi connectivity index (χ0v) is 22.8. The van der Waals surface area contributed by atoms with Crippen molar-refractivity contribution in [2.24, 2.45) is 0 Å². The second kappa shape index (κ2) is 8.38. The lowest BCUT2D eigenvalue weighted by atomic mass is 9.80. The van der Waals surface area contributed by atoms with Gasteiger partial charge in [0.15, 0.2) is 0 Å². The van der Waals surface area contributed by atoms with Crippen LogP contribution < -0.4 is 0 Å². The molecule has 0 atom stereocenters. The first-order chi connectivity index (χ1) is 16.4. The van der Waals surface area contributed by atoms with E-state index in [1.807, 2.05) is 53.7 Å². The fourth-order valence-electron chi connectivity index (χ4n) is 4.80. The van der Waals surface area contributed by atoms with E-state index < -0.39 is 31.1 Å². The normalized spacial score (nSPS) is 13.4. The summed E-state index contributed by atoms with van der Waals surface area (Å²) in [5, 5.41) is 2.24. The number of hydrogen-bond acceptors (Lipinski definition) is 4. The molecular formula is C28H30O6S2. The molecule has 0 heterocycles. The Balaban J connectivity index is 2.49. The van der Waals surface area contributed by atoms with Gasteiger partial charge >= 0.3 is 0 Å². The van der Waals surface area contributed by atoms with Gasteiger partial charge in [0.05, 0.1) is 0 Å². The third kappa shape index (κ3) is 4.54. The zero-order valence-electron chi connectivity index (χ0n) is 21.1. The van der Waals surface area contributed by atoms with Crippen LogP contribution in [0.25, 0.3) is 32.7 Å². The third-order valence-corrected chi connectivity index (χ3v) is 8.27. The fourth-order valence-corrected chi connectivity index (χ4v) is 7.03. The van der Waals surface area contributed by atoms with Gasteiger partial charge in [-0.1, -0.05) is 90.1 Å². The molecule has 0 spiro atoms. The minimum Gasteiger partial charge on any atom is -0.282 e. The topological polar surface area (TPSA) is 109 Å². The number of fused-ring (bicyclic) bond motifs is 2. The Morgan fingerprint density at radius 3 is 1.14 bits per heavy atom. The molecule has 0 saturated heterocycles. The van der Waals surface area contributed by atoms with E-state index in [-0.39, 0.29) is 20.9 Å². The van der Waals surface area contributed by atoms with Gasteiger partial charge in [-0.3, -0.25) is 9.11 Å². The van der Waals surface area contributed by atoms with Crippen LogP contribution in [0, 0.1) is 0 Å². The van der Waals surface area contributed by atoms with Crippen molar-refractivity contribution < 1.29 is 25.9 Å². The van der Waals surface area contributed by atoms with Crippen LogP contribution in [0.4, 0.5) is 0 Å². The van der Waals surface area contributed by atoms with E-state index in [1.54, 1.807) is 48.5 Å². The van der Waals surface area contributed by atoms with Gasteiger partial charge in [0.1, 0.15) is 9.79 Å². The highest BCUT2D eigenvalue weighted by molar-refractivity contribution is 7.86. The van der Waals surface area contributed by atoms with Gasteiger partial charge in [-0.15, -0.1) is 0 Å². The Morgan fingerprint density at radius 2 is 0.861 bits per heavy atom. The summed E-state index contributed by atoms with van der Waals surface area (Å²) in [5.74, 6) is 0. The van der Waals surface area contributed by atoms with Crippen molar-refractivity contribution in [1.29, 1.82) is 0 Å². The average molecular weight is 527 g/mol. The van der Waals surface area contributed by atoms with Crippen LogP contribution in [0.3, 0.4) is 0 Å². The van der Waals surface area contributed by atoms with Gasteiger partial charge in [0.2, 0.25) is 0 Å². The summed E-state index contributed by atoms with van der Waals surface area (Å²) in [6.07, 6.45) is 0. The van der Waals surface area contributed by atoms with Crippen LogP contribution in [0.15, 0.2) is 70.5 Å². The highest BCUT2D eigenvalue weighted by Crippen LogP contribution is 2.48. The molecule has 0 aliphatic carbocycles. The zero-order chi connectivity index (χ0) is 26.8. The maximum atomic E-state index is 13.1. The molecule has 36 heavy (non-hydrogen) atoms. The highest BCUT2D eigenvalue weighted by Gasteiger charge is 2.36. The third-order valence-electron chi connectivity index (χ3n) is 6.39. The molecule has 2 N–H and O–H groups in total. The summed E-state index contributed by atoms with van der Waals surface area (Å²) in [7, 11) is -9.69. The van der Waals surface area contributed by atoms with Crippen LogP contribution >= 0.6 is 0 Å². The van der Waals surface area contributed by atoms with Gasteiger partial charge in [0, 0.05) is 11.1 Å². The van der Waals surface area contributed by atoms with Crippen molar-refractivity contribution in [3.63, 3.8) is 0 Å². The second-order valence-electron chi connectivity index (χ2n) is 11.1. The lowest BCUT2D eigenvalue weighted by Gasteiger charge is -2.29. The van der Waals surface area contributed by atoms with Crippen LogP contribution in [-0.4, -0.2) is 25.9 Å². The van der Waals surface area contributed by atoms with Crippen molar-refractivity contribution in [2.75, 3.05) is 0 Å². The molecule has 0 unspecified atom stereocenters. The van der Waals surface area contributed by atoms with E-state index in [4.69, 9.17) is 0 Å². The molecule has 0 radical (unpaired) electrons. The first-order valence-electron chi connectivity index (χ1n) is 11.5. The van der Waals surface area contributed by atoms with Gasteiger partial charge < -0.3 is 0 Å². The smallest absolute Gasteiger partial charge is 0.282 e. The van der Waals surface area contributed by atoms with E-state index in [2.05, 4.69) is 0 Å². The molecule has 0 aliphatic heterocycles. The summed E-state index contributed by atoms with van der Waals surface area (Å²) in [6.45, 7) is 10.9. The van der Waals surface area contributed by atoms with Gasteiger partial charge in [-0.25, -0.2) is 0 Å². The molecule has 4 rings (SSSR count). The monoisotopic (exact) mass is 526 g/mol. The molecule has 0 fully saturated rings. The Morgan fingerprint density at radius 1 is 0.556 bits per heavy atom. The maximum Gasteiger partial charge on any atom is 0.295 e. The minimum atomic E-state index is -4.84. The Hall–Kier alpha value is -2.78. The van der Waals surface area contributed by atoms with Crippen molar-refractivity contribution in [1.82, 2.24) is 0 Å². The molecule has 0 amide bonds. The minimum absolute atomic E-state index is 0.0513. The molecule has 0 bridgehead atoms. The van der Waals surface area contributed by atoms with Crippen molar-refractivity contribution in [2.45, 2.75) is 62.2 Å². The van der Waals surface area contributed by atoms with Crippen LogP contribution in [0.5, 0.6) is 0 Å². The first-order valence-corrected chi connectivity index (χ1v) is 14.4. The van der Waals surface area contributed by atoms with Crippen LogP contribution in [0.2, 0.25) is 0 Å². The van der Waals surface area contributed by atoms with E-state index in [0.29, 0.717) is 32.7 Å². The van der Waals surface area contributed by atoms with Crippen molar-refractivity contribution in [3.05, 3.63) is 71.8 Å². The molecule has 4 aromatic carbocycles. The molecule has 0 saturated carbocycles. The summed E-state index contributed by atoms with van der Waals surface area (Å²) >= 11 is 0. The molecule has 190 valence electrons. The average Bonchev–Trinajstić information content (AvgIpc) is 2.74. The second-order valence-corrected chi connectivity index (χ2v) is 13.9. The van der Waals surface area contributed by atoms with Crippen LogP contribution in [-0.2, 0) is 31.1 Å². The quantitative estimate of drug-likeness (QED) is 0.286. The van der Waals surface area contributed by atoms with E-state index in [0.717, 1.165) is 0 Å². The van der Waals surface area contributed by atoms with Gasteiger partial charge in [0.25, 0.3) is 20.2 Å². The molecule has 0 aromatic heterocycles. The summed E-state index contributed by atoms with van der Waals surface area (Å²) in [6, 6.07) is 17.5. The lowest BCUT2D eigenvalue weighted by molar-refractivity contribution is 0.473. The molecule has 4 aromatic rings. The number of benzene rings is 4. The fraction of sp³-hybridized carbons (Fsp3) is 0.286. The number of hydrogen-bond donors (Lipinski definition) is 2. The van der Waals surface area contributed by atoms with E-state index in [1.165, 1.54) is 0 Å². The van der Waals surface area contributed by atoms with Crippen LogP contribution in [0.1, 0.15) is 52.7 Å². The van der Waals surface area contributed by atoms with Crippen molar-refractivity contribution >= 4 is 41.8 Å².